The van der Waals surface area contributed by atoms with Crippen LogP contribution in [0.25, 0.3) is 5.57 Å². The molecule has 31 heavy (non-hydrogen) atoms. The number of carboxylic acid groups (broad SMARTS) is 1. The molecule has 0 aliphatic carbocycles. The molecule has 0 atom stereocenters. The van der Waals surface area contributed by atoms with Gasteiger partial charge in [0.2, 0.25) is 0 Å². The second-order valence-corrected chi connectivity index (χ2v) is 8.51. The van der Waals surface area contributed by atoms with Crippen LogP contribution in [0.2, 0.25) is 0 Å². The summed E-state index contributed by atoms with van der Waals surface area (Å²) in [5.41, 5.74) is 6.46. The van der Waals surface area contributed by atoms with Gasteiger partial charge in [-0.15, -0.1) is 0 Å². The molecule has 0 aromatic heterocycles. The lowest BCUT2D eigenvalue weighted by Gasteiger charge is -2.21. The maximum Gasteiger partial charge on any atom is 0.328 e. The lowest BCUT2D eigenvalue weighted by molar-refractivity contribution is -0.131. The van der Waals surface area contributed by atoms with Crippen molar-refractivity contribution in [3.05, 3.63) is 94.6 Å². The van der Waals surface area contributed by atoms with Gasteiger partial charge in [-0.05, 0) is 59.6 Å². The van der Waals surface area contributed by atoms with Crippen molar-refractivity contribution < 1.29 is 14.6 Å². The Morgan fingerprint density at radius 3 is 2.29 bits per heavy atom. The molecule has 0 aliphatic rings. The Kier molecular flexibility index (Phi) is 8.87. The van der Waals surface area contributed by atoms with Crippen LogP contribution in [0.5, 0.6) is 5.75 Å². The highest BCUT2D eigenvalue weighted by atomic mass is 16.5. The number of hydrogen-bond acceptors (Lipinski definition) is 2. The fourth-order valence-corrected chi connectivity index (χ4v) is 3.30. The molecule has 0 heterocycles. The van der Waals surface area contributed by atoms with Gasteiger partial charge in [-0.1, -0.05) is 82.3 Å². The number of ether oxygens (including phenoxy) is 1. The van der Waals surface area contributed by atoms with E-state index in [-0.39, 0.29) is 0 Å². The Bertz CT molecular complexity index is 977. The summed E-state index contributed by atoms with van der Waals surface area (Å²) in [6.07, 6.45) is 6.91. The predicted octanol–water partition coefficient (Wildman–Crippen LogP) is 7.50. The highest BCUT2D eigenvalue weighted by Gasteiger charge is 2.17. The zero-order chi connectivity index (χ0) is 23.0. The Morgan fingerprint density at radius 2 is 1.71 bits per heavy atom. The molecule has 0 amide bonds. The Balaban J connectivity index is 2.49. The van der Waals surface area contributed by atoms with Gasteiger partial charge in [-0.25, -0.2) is 4.79 Å². The molecule has 0 spiro atoms. The Labute approximate surface area is 186 Å². The van der Waals surface area contributed by atoms with E-state index in [0.29, 0.717) is 24.0 Å². The largest absolute Gasteiger partial charge is 0.488 e. The van der Waals surface area contributed by atoms with E-state index in [9.17, 15) is 4.79 Å². The van der Waals surface area contributed by atoms with Gasteiger partial charge >= 0.3 is 5.97 Å². The standard InChI is InChI=1S/C28H34O3/c1-19(2)24-16-25(20(3)4)28(31-18-23-13-8-7-9-14-23)26(17-24)22(6)12-10-11-21(5)15-27(29)30/h7-17,19-20H,18H2,1-6H3,(H,29,30)/b11-10+,21-15+,22-12+. The van der Waals surface area contributed by atoms with E-state index in [1.54, 1.807) is 13.0 Å². The number of aliphatic carboxylic acids is 1. The minimum Gasteiger partial charge on any atom is -0.488 e. The molecular weight excluding hydrogens is 384 g/mol. The summed E-state index contributed by atoms with van der Waals surface area (Å²) in [5.74, 6) is 0.713. The van der Waals surface area contributed by atoms with Crippen molar-refractivity contribution in [2.45, 2.75) is 60.0 Å². The van der Waals surface area contributed by atoms with Crippen LogP contribution in [0.4, 0.5) is 0 Å². The number of carbonyl (C=O) groups is 1. The quantitative estimate of drug-likeness (QED) is 0.339. The fourth-order valence-electron chi connectivity index (χ4n) is 3.30. The molecule has 2 aromatic carbocycles. The third kappa shape index (κ3) is 7.29. The van der Waals surface area contributed by atoms with Crippen LogP contribution in [0, 0.1) is 0 Å². The lowest BCUT2D eigenvalue weighted by atomic mass is 9.89. The molecule has 0 aliphatic heterocycles. The minimum atomic E-state index is -0.939. The van der Waals surface area contributed by atoms with E-state index in [2.05, 4.69) is 58.9 Å². The summed E-state index contributed by atoms with van der Waals surface area (Å²) in [6, 6.07) is 14.7. The van der Waals surface area contributed by atoms with Gasteiger partial charge < -0.3 is 9.84 Å². The average Bonchev–Trinajstić information content (AvgIpc) is 2.71. The second kappa shape index (κ2) is 11.4. The predicted molar refractivity (Wildman–Crippen MR) is 130 cm³/mol. The van der Waals surface area contributed by atoms with Gasteiger partial charge in [-0.2, -0.15) is 0 Å². The number of allylic oxidation sites excluding steroid dienone is 5. The van der Waals surface area contributed by atoms with E-state index in [1.807, 2.05) is 30.4 Å². The van der Waals surface area contributed by atoms with Crippen LogP contribution in [0.3, 0.4) is 0 Å². The third-order valence-electron chi connectivity index (χ3n) is 5.14. The molecule has 1 N–H and O–H groups in total. The average molecular weight is 419 g/mol. The topological polar surface area (TPSA) is 46.5 Å². The molecule has 0 radical (unpaired) electrons. The molecule has 0 unspecified atom stereocenters. The highest BCUT2D eigenvalue weighted by molar-refractivity contribution is 5.81. The maximum atomic E-state index is 10.8. The SMILES string of the molecule is CC(/C=C/C=C(\C)c1cc(C(C)C)cc(C(C)C)c1OCc1ccccc1)=C\C(=O)O. The van der Waals surface area contributed by atoms with E-state index >= 15 is 0 Å². The first kappa shape index (κ1) is 24.2. The fraction of sp³-hybridized carbons (Fsp3) is 0.321. The summed E-state index contributed by atoms with van der Waals surface area (Å²) in [5, 5.41) is 8.88. The summed E-state index contributed by atoms with van der Waals surface area (Å²) in [7, 11) is 0. The number of rotatable bonds is 9. The van der Waals surface area contributed by atoms with Crippen molar-refractivity contribution in [2.75, 3.05) is 0 Å². The lowest BCUT2D eigenvalue weighted by Crippen LogP contribution is -2.05. The van der Waals surface area contributed by atoms with Crippen molar-refractivity contribution in [3.63, 3.8) is 0 Å². The molecule has 0 saturated heterocycles. The number of benzene rings is 2. The van der Waals surface area contributed by atoms with Gasteiger partial charge in [0.05, 0.1) is 0 Å². The molecule has 3 nitrogen and oxygen atoms in total. The number of hydrogen-bond donors (Lipinski definition) is 1. The summed E-state index contributed by atoms with van der Waals surface area (Å²) < 4.78 is 6.40. The highest BCUT2D eigenvalue weighted by Crippen LogP contribution is 2.38. The van der Waals surface area contributed by atoms with Crippen molar-refractivity contribution in [3.8, 4) is 5.75 Å². The van der Waals surface area contributed by atoms with E-state index in [1.165, 1.54) is 17.2 Å². The van der Waals surface area contributed by atoms with Crippen LogP contribution in [0.15, 0.2) is 72.3 Å². The molecule has 2 rings (SSSR count). The van der Waals surface area contributed by atoms with E-state index in [0.717, 1.165) is 22.4 Å². The van der Waals surface area contributed by atoms with Crippen molar-refractivity contribution >= 4 is 11.5 Å². The monoisotopic (exact) mass is 418 g/mol. The third-order valence-corrected chi connectivity index (χ3v) is 5.14. The van der Waals surface area contributed by atoms with Gasteiger partial charge in [-0.3, -0.25) is 0 Å². The van der Waals surface area contributed by atoms with Gasteiger partial charge in [0, 0.05) is 11.6 Å². The summed E-state index contributed by atoms with van der Waals surface area (Å²) in [4.78, 5) is 10.8. The molecule has 0 saturated carbocycles. The van der Waals surface area contributed by atoms with Gasteiger partial charge in [0.15, 0.2) is 0 Å². The second-order valence-electron chi connectivity index (χ2n) is 8.51. The Hall–Kier alpha value is -3.07. The molecular formula is C28H34O3. The normalized spacial score (nSPS) is 12.8. The van der Waals surface area contributed by atoms with Crippen LogP contribution in [0.1, 0.15) is 75.6 Å². The van der Waals surface area contributed by atoms with Gasteiger partial charge in [0.1, 0.15) is 12.4 Å². The number of carboxylic acids is 1. The molecule has 164 valence electrons. The molecule has 0 bridgehead atoms. The zero-order valence-corrected chi connectivity index (χ0v) is 19.5. The molecule has 2 aromatic rings. The first-order chi connectivity index (χ1) is 14.7. The zero-order valence-electron chi connectivity index (χ0n) is 19.5. The summed E-state index contributed by atoms with van der Waals surface area (Å²) >= 11 is 0. The molecule has 3 heteroatoms. The van der Waals surface area contributed by atoms with E-state index in [4.69, 9.17) is 9.84 Å². The van der Waals surface area contributed by atoms with Crippen LogP contribution >= 0.6 is 0 Å². The van der Waals surface area contributed by atoms with Crippen molar-refractivity contribution in [1.29, 1.82) is 0 Å². The molecule has 0 fully saturated rings. The van der Waals surface area contributed by atoms with Crippen LogP contribution in [-0.2, 0) is 11.4 Å². The maximum absolute atomic E-state index is 10.8. The minimum absolute atomic E-state index is 0.326. The van der Waals surface area contributed by atoms with Crippen LogP contribution in [-0.4, -0.2) is 11.1 Å². The van der Waals surface area contributed by atoms with Crippen molar-refractivity contribution in [2.24, 2.45) is 0 Å². The van der Waals surface area contributed by atoms with E-state index < -0.39 is 5.97 Å². The van der Waals surface area contributed by atoms with Crippen molar-refractivity contribution in [1.82, 2.24) is 0 Å². The van der Waals surface area contributed by atoms with Gasteiger partial charge in [0.25, 0.3) is 0 Å². The Morgan fingerprint density at radius 1 is 1.03 bits per heavy atom. The summed E-state index contributed by atoms with van der Waals surface area (Å²) in [6.45, 7) is 13.1. The smallest absolute Gasteiger partial charge is 0.328 e. The first-order valence-electron chi connectivity index (χ1n) is 10.8. The van der Waals surface area contributed by atoms with Crippen LogP contribution < -0.4 is 4.74 Å². The first-order valence-corrected chi connectivity index (χ1v) is 10.8.